The molecule has 0 radical (unpaired) electrons. The molecule has 0 aliphatic heterocycles. The van der Waals surface area contributed by atoms with E-state index < -0.39 is 17.9 Å². The maximum Gasteiger partial charge on any atom is 0.317 e. The third kappa shape index (κ3) is 6.07. The Hall–Kier alpha value is -1.79. The second-order valence-electron chi connectivity index (χ2n) is 3.89. The van der Waals surface area contributed by atoms with Crippen LogP contribution in [0.3, 0.4) is 0 Å². The largest absolute Gasteiger partial charge is 0.481 e. The van der Waals surface area contributed by atoms with Crippen molar-refractivity contribution >= 4 is 17.9 Å². The number of hydrogen-bond donors (Lipinski definition) is 3. The van der Waals surface area contributed by atoms with Gasteiger partial charge in [0, 0.05) is 19.6 Å². The van der Waals surface area contributed by atoms with Crippen molar-refractivity contribution in [1.29, 1.82) is 0 Å². The van der Waals surface area contributed by atoms with E-state index >= 15 is 0 Å². The van der Waals surface area contributed by atoms with Gasteiger partial charge in [-0.05, 0) is 13.8 Å². The first-order chi connectivity index (χ1) is 8.42. The molecule has 0 aliphatic carbocycles. The van der Waals surface area contributed by atoms with Crippen molar-refractivity contribution in [3.63, 3.8) is 0 Å². The SMILES string of the molecule is CCNC(=O)CN(CC)C(=O)NCC(C)C(=O)O. The lowest BCUT2D eigenvalue weighted by atomic mass is 10.2. The Morgan fingerprint density at radius 3 is 2.28 bits per heavy atom. The van der Waals surface area contributed by atoms with Gasteiger partial charge in [0.2, 0.25) is 5.91 Å². The highest BCUT2D eigenvalue weighted by molar-refractivity contribution is 5.84. The summed E-state index contributed by atoms with van der Waals surface area (Å²) in [5.74, 6) is -1.86. The van der Waals surface area contributed by atoms with E-state index in [4.69, 9.17) is 5.11 Å². The zero-order valence-electron chi connectivity index (χ0n) is 11.0. The standard InChI is InChI=1S/C11H21N3O4/c1-4-12-9(15)7-14(5-2)11(18)13-6-8(3)10(16)17/h8H,4-7H2,1-3H3,(H,12,15)(H,13,18)(H,16,17). The smallest absolute Gasteiger partial charge is 0.317 e. The van der Waals surface area contributed by atoms with Crippen LogP contribution in [0, 0.1) is 5.92 Å². The zero-order chi connectivity index (χ0) is 14.1. The fraction of sp³-hybridized carbons (Fsp3) is 0.727. The van der Waals surface area contributed by atoms with Crippen molar-refractivity contribution in [1.82, 2.24) is 15.5 Å². The van der Waals surface area contributed by atoms with Crippen LogP contribution in [0.25, 0.3) is 0 Å². The van der Waals surface area contributed by atoms with E-state index in [1.54, 1.807) is 13.8 Å². The normalized spacial score (nSPS) is 11.5. The molecule has 1 atom stereocenters. The number of carbonyl (C=O) groups excluding carboxylic acids is 2. The topological polar surface area (TPSA) is 98.7 Å². The van der Waals surface area contributed by atoms with Crippen molar-refractivity contribution in [2.75, 3.05) is 26.2 Å². The van der Waals surface area contributed by atoms with Gasteiger partial charge in [-0.3, -0.25) is 9.59 Å². The average molecular weight is 259 g/mol. The number of carbonyl (C=O) groups is 3. The molecule has 3 amide bonds. The van der Waals surface area contributed by atoms with Crippen LogP contribution >= 0.6 is 0 Å². The summed E-state index contributed by atoms with van der Waals surface area (Å²) in [5, 5.41) is 13.8. The first kappa shape index (κ1) is 16.2. The summed E-state index contributed by atoms with van der Waals surface area (Å²) in [7, 11) is 0. The van der Waals surface area contributed by atoms with Crippen molar-refractivity contribution in [3.8, 4) is 0 Å². The highest BCUT2D eigenvalue weighted by atomic mass is 16.4. The second-order valence-corrected chi connectivity index (χ2v) is 3.89. The Morgan fingerprint density at radius 2 is 1.83 bits per heavy atom. The molecule has 7 heteroatoms. The van der Waals surface area contributed by atoms with Crippen LogP contribution in [0.1, 0.15) is 20.8 Å². The molecule has 0 fully saturated rings. The number of likely N-dealkylation sites (N-methyl/N-ethyl adjacent to an activating group) is 2. The first-order valence-corrected chi connectivity index (χ1v) is 5.94. The minimum atomic E-state index is -0.970. The number of carboxylic acids is 1. The predicted octanol–water partition coefficient (Wildman–Crippen LogP) is -0.125. The minimum Gasteiger partial charge on any atom is -0.481 e. The maximum absolute atomic E-state index is 11.7. The molecule has 0 spiro atoms. The minimum absolute atomic E-state index is 0.0301. The molecule has 104 valence electrons. The van der Waals surface area contributed by atoms with E-state index in [1.807, 2.05) is 0 Å². The lowest BCUT2D eigenvalue weighted by Gasteiger charge is -2.21. The van der Waals surface area contributed by atoms with Gasteiger partial charge >= 0.3 is 12.0 Å². The van der Waals surface area contributed by atoms with E-state index in [0.717, 1.165) is 0 Å². The summed E-state index contributed by atoms with van der Waals surface area (Å²) in [4.78, 5) is 34.9. The first-order valence-electron chi connectivity index (χ1n) is 5.94. The molecule has 3 N–H and O–H groups in total. The number of carboxylic acid groups (broad SMARTS) is 1. The monoisotopic (exact) mass is 259 g/mol. The van der Waals surface area contributed by atoms with Crippen LogP contribution in [0.2, 0.25) is 0 Å². The van der Waals surface area contributed by atoms with Crippen LogP contribution in [0.4, 0.5) is 4.79 Å². The summed E-state index contributed by atoms with van der Waals surface area (Å²) in [6, 6.07) is -0.433. The van der Waals surface area contributed by atoms with Gasteiger partial charge in [-0.1, -0.05) is 6.92 Å². The second kappa shape index (κ2) is 8.32. The van der Waals surface area contributed by atoms with Crippen molar-refractivity contribution in [3.05, 3.63) is 0 Å². The van der Waals surface area contributed by atoms with Crippen molar-refractivity contribution in [2.24, 2.45) is 5.92 Å². The van der Waals surface area contributed by atoms with E-state index in [0.29, 0.717) is 13.1 Å². The summed E-state index contributed by atoms with van der Waals surface area (Å²) >= 11 is 0. The summed E-state index contributed by atoms with van der Waals surface area (Å²) in [5.41, 5.74) is 0. The highest BCUT2D eigenvalue weighted by Gasteiger charge is 2.17. The Kier molecular flexibility index (Phi) is 7.50. The third-order valence-corrected chi connectivity index (χ3v) is 2.36. The molecule has 0 aromatic heterocycles. The molecule has 7 nitrogen and oxygen atoms in total. The van der Waals surface area contributed by atoms with Gasteiger partial charge in [-0.25, -0.2) is 4.79 Å². The number of amides is 3. The maximum atomic E-state index is 11.7. The third-order valence-electron chi connectivity index (χ3n) is 2.36. The molecule has 0 aromatic rings. The molecule has 0 aliphatic rings. The van der Waals surface area contributed by atoms with Crippen LogP contribution in [0.5, 0.6) is 0 Å². The lowest BCUT2D eigenvalue weighted by Crippen LogP contribution is -2.46. The van der Waals surface area contributed by atoms with Gasteiger partial charge in [0.1, 0.15) is 6.54 Å². The quantitative estimate of drug-likeness (QED) is 0.593. The van der Waals surface area contributed by atoms with E-state index in [2.05, 4.69) is 10.6 Å². The van der Waals surface area contributed by atoms with Gasteiger partial charge in [0.25, 0.3) is 0 Å². The van der Waals surface area contributed by atoms with Gasteiger partial charge in [-0.2, -0.15) is 0 Å². The van der Waals surface area contributed by atoms with Crippen LogP contribution in [0.15, 0.2) is 0 Å². The van der Waals surface area contributed by atoms with Crippen molar-refractivity contribution in [2.45, 2.75) is 20.8 Å². The van der Waals surface area contributed by atoms with Gasteiger partial charge in [0.15, 0.2) is 0 Å². The Balaban J connectivity index is 4.18. The number of urea groups is 1. The summed E-state index contributed by atoms with van der Waals surface area (Å²) in [6.45, 7) is 5.95. The molecule has 0 aromatic carbocycles. The summed E-state index contributed by atoms with van der Waals surface area (Å²) in [6.07, 6.45) is 0. The number of aliphatic carboxylic acids is 1. The van der Waals surface area contributed by atoms with Gasteiger partial charge in [-0.15, -0.1) is 0 Å². The highest BCUT2D eigenvalue weighted by Crippen LogP contribution is 1.94. The van der Waals surface area contributed by atoms with E-state index in [-0.39, 0.29) is 19.0 Å². The lowest BCUT2D eigenvalue weighted by molar-refractivity contribution is -0.140. The average Bonchev–Trinajstić information content (AvgIpc) is 2.32. The van der Waals surface area contributed by atoms with Crippen LogP contribution < -0.4 is 10.6 Å². The van der Waals surface area contributed by atoms with Gasteiger partial charge < -0.3 is 20.6 Å². The molecule has 0 heterocycles. The zero-order valence-corrected chi connectivity index (χ0v) is 11.0. The Bertz CT molecular complexity index is 307. The number of hydrogen-bond acceptors (Lipinski definition) is 3. The molecule has 18 heavy (non-hydrogen) atoms. The van der Waals surface area contributed by atoms with Crippen molar-refractivity contribution < 1.29 is 19.5 Å². The molecule has 0 saturated carbocycles. The fourth-order valence-electron chi connectivity index (χ4n) is 1.19. The molecular formula is C11H21N3O4. The summed E-state index contributed by atoms with van der Waals surface area (Å²) < 4.78 is 0. The molecule has 1 unspecified atom stereocenters. The predicted molar refractivity (Wildman–Crippen MR) is 66.1 cm³/mol. The molecule has 0 saturated heterocycles. The van der Waals surface area contributed by atoms with Crippen LogP contribution in [-0.2, 0) is 9.59 Å². The molecule has 0 bridgehead atoms. The Morgan fingerprint density at radius 1 is 1.22 bits per heavy atom. The van der Waals surface area contributed by atoms with Gasteiger partial charge in [0.05, 0.1) is 5.92 Å². The molecular weight excluding hydrogens is 238 g/mol. The Labute approximate surface area is 107 Å². The van der Waals surface area contributed by atoms with E-state index in [1.165, 1.54) is 11.8 Å². The molecule has 0 rings (SSSR count). The number of rotatable bonds is 7. The van der Waals surface area contributed by atoms with Crippen LogP contribution in [-0.4, -0.2) is 54.1 Å². The fourth-order valence-corrected chi connectivity index (χ4v) is 1.19. The number of nitrogens with zero attached hydrogens (tertiary/aromatic N) is 1. The number of nitrogens with one attached hydrogen (secondary N) is 2. The van der Waals surface area contributed by atoms with E-state index in [9.17, 15) is 14.4 Å².